The normalized spacial score (nSPS) is 23.9. The van der Waals surface area contributed by atoms with E-state index in [-0.39, 0.29) is 11.9 Å². The number of ether oxygens (including phenoxy) is 1. The molecular formula is C15H24N4O2. The van der Waals surface area contributed by atoms with Gasteiger partial charge >= 0.3 is 0 Å². The fourth-order valence-corrected chi connectivity index (χ4v) is 3.18. The summed E-state index contributed by atoms with van der Waals surface area (Å²) >= 11 is 0. The van der Waals surface area contributed by atoms with E-state index in [0.29, 0.717) is 12.5 Å². The van der Waals surface area contributed by atoms with Gasteiger partial charge in [-0.15, -0.1) is 0 Å². The van der Waals surface area contributed by atoms with Gasteiger partial charge < -0.3 is 15.4 Å². The van der Waals surface area contributed by atoms with Crippen LogP contribution in [0, 0.1) is 0 Å². The van der Waals surface area contributed by atoms with Crippen molar-refractivity contribution in [3.8, 4) is 0 Å². The zero-order chi connectivity index (χ0) is 14.5. The molecule has 0 spiro atoms. The number of piperidine rings is 1. The predicted octanol–water partition coefficient (Wildman–Crippen LogP) is 0.645. The van der Waals surface area contributed by atoms with Crippen molar-refractivity contribution in [2.24, 2.45) is 0 Å². The minimum absolute atomic E-state index is 0.0515. The van der Waals surface area contributed by atoms with E-state index >= 15 is 0 Å². The largest absolute Gasteiger partial charge is 0.381 e. The van der Waals surface area contributed by atoms with Crippen LogP contribution >= 0.6 is 0 Å². The molecule has 2 saturated heterocycles. The van der Waals surface area contributed by atoms with E-state index in [2.05, 4.69) is 15.7 Å². The maximum absolute atomic E-state index is 12.2. The van der Waals surface area contributed by atoms with Crippen molar-refractivity contribution in [3.63, 3.8) is 0 Å². The van der Waals surface area contributed by atoms with Crippen LogP contribution in [0.2, 0.25) is 0 Å². The molecule has 2 aliphatic heterocycles. The summed E-state index contributed by atoms with van der Waals surface area (Å²) in [6, 6.07) is 2.29. The minimum atomic E-state index is 0.0515. The number of hydrogen-bond acceptors (Lipinski definition) is 4. The van der Waals surface area contributed by atoms with Crippen molar-refractivity contribution in [2.75, 3.05) is 26.3 Å². The second-order valence-electron chi connectivity index (χ2n) is 5.91. The highest BCUT2D eigenvalue weighted by atomic mass is 16.5. The first kappa shape index (κ1) is 14.5. The van der Waals surface area contributed by atoms with E-state index in [0.717, 1.165) is 39.1 Å². The lowest BCUT2D eigenvalue weighted by Gasteiger charge is -2.25. The lowest BCUT2D eigenvalue weighted by Crippen LogP contribution is -2.41. The summed E-state index contributed by atoms with van der Waals surface area (Å²) < 4.78 is 7.16. The second kappa shape index (κ2) is 7.04. The van der Waals surface area contributed by atoms with Crippen LogP contribution in [0.4, 0.5) is 0 Å². The minimum Gasteiger partial charge on any atom is -0.381 e. The van der Waals surface area contributed by atoms with Crippen LogP contribution in [-0.2, 0) is 16.1 Å². The summed E-state index contributed by atoms with van der Waals surface area (Å²) in [4.78, 5) is 12.2. The molecule has 1 atom stereocenters. The number of carbonyl (C=O) groups excluding carboxylic acids is 1. The van der Waals surface area contributed by atoms with Crippen LogP contribution in [0.15, 0.2) is 12.3 Å². The number of aromatic nitrogens is 2. The Labute approximate surface area is 125 Å². The molecule has 0 saturated carbocycles. The first-order valence-corrected chi connectivity index (χ1v) is 7.92. The molecule has 2 fully saturated rings. The molecule has 0 aliphatic carbocycles. The highest BCUT2D eigenvalue weighted by Gasteiger charge is 2.21. The molecular weight excluding hydrogens is 268 g/mol. The third-order valence-electron chi connectivity index (χ3n) is 4.34. The fraction of sp³-hybridized carbons (Fsp3) is 0.733. The molecule has 3 heterocycles. The zero-order valence-corrected chi connectivity index (χ0v) is 12.4. The summed E-state index contributed by atoms with van der Waals surface area (Å²) in [5.41, 5.74) is 1.17. The van der Waals surface area contributed by atoms with Crippen molar-refractivity contribution in [1.82, 2.24) is 20.4 Å². The van der Waals surface area contributed by atoms with Gasteiger partial charge in [-0.3, -0.25) is 9.48 Å². The number of carbonyl (C=O) groups is 1. The van der Waals surface area contributed by atoms with Gasteiger partial charge in [-0.2, -0.15) is 5.10 Å². The van der Waals surface area contributed by atoms with E-state index in [9.17, 15) is 4.79 Å². The summed E-state index contributed by atoms with van der Waals surface area (Å²) in [6.07, 6.45) is 5.96. The summed E-state index contributed by atoms with van der Waals surface area (Å²) in [7, 11) is 0. The Kier molecular flexibility index (Phi) is 4.87. The van der Waals surface area contributed by atoms with Gasteiger partial charge in [0.2, 0.25) is 5.91 Å². The van der Waals surface area contributed by atoms with Crippen LogP contribution in [0.3, 0.4) is 0 Å². The number of amides is 1. The average molecular weight is 292 g/mol. The maximum Gasteiger partial charge on any atom is 0.241 e. The highest BCUT2D eigenvalue weighted by Crippen LogP contribution is 2.22. The molecule has 1 aromatic rings. The smallest absolute Gasteiger partial charge is 0.241 e. The lowest BCUT2D eigenvalue weighted by molar-refractivity contribution is -0.123. The molecule has 0 bridgehead atoms. The van der Waals surface area contributed by atoms with E-state index in [1.165, 1.54) is 18.5 Å². The average Bonchev–Trinajstić information content (AvgIpc) is 2.97. The summed E-state index contributed by atoms with van der Waals surface area (Å²) in [6.45, 7) is 3.87. The Morgan fingerprint density at radius 1 is 1.43 bits per heavy atom. The van der Waals surface area contributed by atoms with Gasteiger partial charge in [-0.1, -0.05) is 0 Å². The van der Waals surface area contributed by atoms with Crippen molar-refractivity contribution < 1.29 is 9.53 Å². The Bertz CT molecular complexity index is 462. The van der Waals surface area contributed by atoms with Crippen LogP contribution in [-0.4, -0.2) is 48.0 Å². The highest BCUT2D eigenvalue weighted by molar-refractivity contribution is 5.76. The molecule has 0 radical (unpaired) electrons. The maximum atomic E-state index is 12.2. The fourth-order valence-electron chi connectivity index (χ4n) is 3.18. The lowest BCUT2D eigenvalue weighted by atomic mass is 9.96. The molecule has 0 aromatic carbocycles. The van der Waals surface area contributed by atoms with Crippen LogP contribution < -0.4 is 10.6 Å². The summed E-state index contributed by atoms with van der Waals surface area (Å²) in [5.74, 6) is 0.521. The molecule has 3 rings (SSSR count). The topological polar surface area (TPSA) is 68.2 Å². The van der Waals surface area contributed by atoms with Gasteiger partial charge in [0, 0.05) is 43.6 Å². The predicted molar refractivity (Wildman–Crippen MR) is 79.1 cm³/mol. The van der Waals surface area contributed by atoms with E-state index < -0.39 is 0 Å². The molecule has 6 heteroatoms. The second-order valence-corrected chi connectivity index (χ2v) is 5.91. The van der Waals surface area contributed by atoms with E-state index in [1.807, 2.05) is 10.7 Å². The Hall–Kier alpha value is -1.40. The van der Waals surface area contributed by atoms with E-state index in [1.54, 1.807) is 6.20 Å². The molecule has 2 N–H and O–H groups in total. The Morgan fingerprint density at radius 2 is 2.29 bits per heavy atom. The van der Waals surface area contributed by atoms with Crippen LogP contribution in [0.25, 0.3) is 0 Å². The van der Waals surface area contributed by atoms with Gasteiger partial charge in [-0.05, 0) is 38.3 Å². The van der Waals surface area contributed by atoms with Gasteiger partial charge in [0.15, 0.2) is 0 Å². The third-order valence-corrected chi connectivity index (χ3v) is 4.34. The first-order chi connectivity index (χ1) is 10.3. The van der Waals surface area contributed by atoms with Crippen LogP contribution in [0.5, 0.6) is 0 Å². The molecule has 1 aromatic heterocycles. The Balaban J connectivity index is 1.56. The molecule has 2 aliphatic rings. The number of rotatable bonds is 4. The number of nitrogens with zero attached hydrogens (tertiary/aromatic N) is 2. The molecule has 1 unspecified atom stereocenters. The quantitative estimate of drug-likeness (QED) is 0.855. The molecule has 116 valence electrons. The molecule has 1 amide bonds. The van der Waals surface area contributed by atoms with Gasteiger partial charge in [0.25, 0.3) is 0 Å². The van der Waals surface area contributed by atoms with Crippen molar-refractivity contribution in [1.29, 1.82) is 0 Å². The van der Waals surface area contributed by atoms with Crippen molar-refractivity contribution in [3.05, 3.63) is 18.0 Å². The molecule has 6 nitrogen and oxygen atoms in total. The summed E-state index contributed by atoms with van der Waals surface area (Å²) in [5, 5.41) is 10.8. The first-order valence-electron chi connectivity index (χ1n) is 7.92. The SMILES string of the molecule is O=C(Cn1nccc1C1CCCNC1)NC1CCOCC1. The standard InChI is InChI=1S/C15H24N4O2/c20-15(18-13-4-8-21-9-5-13)11-19-14(3-7-17-19)12-2-1-6-16-10-12/h3,7,12-13,16H,1-2,4-6,8-11H2,(H,18,20). The van der Waals surface area contributed by atoms with Gasteiger partial charge in [0.05, 0.1) is 0 Å². The van der Waals surface area contributed by atoms with Crippen molar-refractivity contribution >= 4 is 5.91 Å². The van der Waals surface area contributed by atoms with Gasteiger partial charge in [-0.25, -0.2) is 0 Å². The number of hydrogen-bond donors (Lipinski definition) is 2. The third kappa shape index (κ3) is 3.83. The van der Waals surface area contributed by atoms with Crippen LogP contribution in [0.1, 0.15) is 37.3 Å². The van der Waals surface area contributed by atoms with Crippen molar-refractivity contribution in [2.45, 2.75) is 44.2 Å². The molecule has 21 heavy (non-hydrogen) atoms. The Morgan fingerprint density at radius 3 is 3.05 bits per heavy atom. The zero-order valence-electron chi connectivity index (χ0n) is 12.4. The number of nitrogens with one attached hydrogen (secondary N) is 2. The van der Waals surface area contributed by atoms with Gasteiger partial charge in [0.1, 0.15) is 6.54 Å². The van der Waals surface area contributed by atoms with E-state index in [4.69, 9.17) is 4.74 Å². The monoisotopic (exact) mass is 292 g/mol.